The van der Waals surface area contributed by atoms with Gasteiger partial charge < -0.3 is 15.3 Å². The highest BCUT2D eigenvalue weighted by molar-refractivity contribution is 7.81. The highest BCUT2D eigenvalue weighted by Gasteiger charge is 2.45. The number of aliphatic hydroxyl groups is 1. The molecule has 0 aliphatic carbocycles. The van der Waals surface area contributed by atoms with Gasteiger partial charge in [0.15, 0.2) is 0 Å². The Morgan fingerprint density at radius 3 is 2.34 bits per heavy atom. The smallest absolute Gasteiger partial charge is 0.243 e. The molecule has 1 aromatic heterocycles. The number of carbonyl (C=O) groups is 2. The van der Waals surface area contributed by atoms with E-state index in [0.29, 0.717) is 0 Å². The zero-order valence-corrected chi connectivity index (χ0v) is 23.3. The monoisotopic (exact) mass is 518 g/mol. The maximum Gasteiger partial charge on any atom is 0.243 e. The number of likely N-dealkylation sites (tertiary alicyclic amines) is 1. The lowest BCUT2D eigenvalue weighted by atomic mass is 9.85. The first-order valence-corrected chi connectivity index (χ1v) is 13.3. The summed E-state index contributed by atoms with van der Waals surface area (Å²) in [5, 5.41) is 16.7. The van der Waals surface area contributed by atoms with Crippen molar-refractivity contribution in [1.82, 2.24) is 20.5 Å². The SMILES string of the molecule is Cc1ncsc1-c1ccc([C@H](C)NC(=O)[C@@H]2C[C@@H](O)CN2C(=O)[C@@H](NC(C)(C)S)C(C)(C)C)cc1. The lowest BCUT2D eigenvalue weighted by Gasteiger charge is -2.39. The van der Waals surface area contributed by atoms with Crippen LogP contribution in [0.25, 0.3) is 10.4 Å². The molecule has 2 amide bonds. The molecule has 4 atom stereocenters. The second-order valence-corrected chi connectivity index (χ2v) is 13.0. The van der Waals surface area contributed by atoms with Crippen LogP contribution < -0.4 is 10.6 Å². The number of hydrogen-bond acceptors (Lipinski definition) is 7. The number of benzene rings is 1. The number of β-amino-alcohol motifs (C(OH)–C–C–N with tert-alkyl or cyclic N) is 1. The largest absolute Gasteiger partial charge is 0.391 e. The van der Waals surface area contributed by atoms with E-state index >= 15 is 0 Å². The third-order valence-corrected chi connectivity index (χ3v) is 7.36. The minimum atomic E-state index is -0.739. The van der Waals surface area contributed by atoms with Crippen molar-refractivity contribution in [3.63, 3.8) is 0 Å². The average Bonchev–Trinajstić information content (AvgIpc) is 3.35. The van der Waals surface area contributed by atoms with Crippen LogP contribution in [0.2, 0.25) is 0 Å². The van der Waals surface area contributed by atoms with E-state index < -0.39 is 28.5 Å². The van der Waals surface area contributed by atoms with Gasteiger partial charge in [0.05, 0.1) is 39.1 Å². The summed E-state index contributed by atoms with van der Waals surface area (Å²) < 4.78 is 0. The second-order valence-electron chi connectivity index (χ2n) is 11.0. The molecule has 1 fully saturated rings. The molecule has 0 radical (unpaired) electrons. The first kappa shape index (κ1) is 27.6. The van der Waals surface area contributed by atoms with Crippen molar-refractivity contribution in [2.75, 3.05) is 6.54 Å². The summed E-state index contributed by atoms with van der Waals surface area (Å²) >= 11 is 6.15. The molecule has 1 aliphatic heterocycles. The maximum atomic E-state index is 13.6. The van der Waals surface area contributed by atoms with Crippen LogP contribution in [0.3, 0.4) is 0 Å². The number of thiol groups is 1. The van der Waals surface area contributed by atoms with Gasteiger partial charge in [-0.3, -0.25) is 14.9 Å². The molecule has 3 rings (SSSR count). The van der Waals surface area contributed by atoms with E-state index in [4.69, 9.17) is 0 Å². The second kappa shape index (κ2) is 10.6. The topological polar surface area (TPSA) is 94.6 Å². The van der Waals surface area contributed by atoms with Gasteiger partial charge in [-0.1, -0.05) is 45.0 Å². The Labute approximate surface area is 218 Å². The highest BCUT2D eigenvalue weighted by atomic mass is 32.1. The molecule has 192 valence electrons. The average molecular weight is 519 g/mol. The van der Waals surface area contributed by atoms with Crippen LogP contribution in [0.15, 0.2) is 29.8 Å². The molecule has 2 heterocycles. The fourth-order valence-corrected chi connectivity index (χ4v) is 5.31. The van der Waals surface area contributed by atoms with Crippen molar-refractivity contribution in [1.29, 1.82) is 0 Å². The Morgan fingerprint density at radius 2 is 1.83 bits per heavy atom. The Morgan fingerprint density at radius 1 is 1.20 bits per heavy atom. The molecular weight excluding hydrogens is 480 g/mol. The number of nitrogens with one attached hydrogen (secondary N) is 2. The van der Waals surface area contributed by atoms with Gasteiger partial charge in [-0.2, -0.15) is 12.6 Å². The van der Waals surface area contributed by atoms with Crippen LogP contribution >= 0.6 is 24.0 Å². The normalized spacial score (nSPS) is 20.5. The number of aliphatic hydroxyl groups excluding tert-OH is 1. The summed E-state index contributed by atoms with van der Waals surface area (Å²) in [5.41, 5.74) is 4.49. The molecule has 0 bridgehead atoms. The molecule has 1 aromatic carbocycles. The van der Waals surface area contributed by atoms with Crippen molar-refractivity contribution >= 4 is 35.8 Å². The molecule has 0 saturated carbocycles. The lowest BCUT2D eigenvalue weighted by Crippen LogP contribution is -2.59. The van der Waals surface area contributed by atoms with Gasteiger partial charge in [-0.25, -0.2) is 4.98 Å². The maximum absolute atomic E-state index is 13.6. The minimum Gasteiger partial charge on any atom is -0.391 e. The van der Waals surface area contributed by atoms with E-state index in [1.807, 2.05) is 78.2 Å². The minimum absolute atomic E-state index is 0.134. The van der Waals surface area contributed by atoms with Gasteiger partial charge in [0.25, 0.3) is 0 Å². The quantitative estimate of drug-likeness (QED) is 0.329. The van der Waals surface area contributed by atoms with E-state index in [9.17, 15) is 14.7 Å². The number of carbonyl (C=O) groups excluding carboxylic acids is 2. The number of thiazole rings is 1. The van der Waals surface area contributed by atoms with Crippen LogP contribution in [0, 0.1) is 12.3 Å². The summed E-state index contributed by atoms with van der Waals surface area (Å²) in [7, 11) is 0. The van der Waals surface area contributed by atoms with Crippen molar-refractivity contribution in [2.45, 2.75) is 84.0 Å². The summed E-state index contributed by atoms with van der Waals surface area (Å²) in [6, 6.07) is 6.53. The fraction of sp³-hybridized carbons (Fsp3) is 0.577. The zero-order valence-electron chi connectivity index (χ0n) is 21.6. The van der Waals surface area contributed by atoms with E-state index in [1.165, 1.54) is 4.90 Å². The van der Waals surface area contributed by atoms with E-state index in [2.05, 4.69) is 28.2 Å². The molecule has 1 aliphatic rings. The zero-order chi connectivity index (χ0) is 26.1. The molecule has 1 saturated heterocycles. The molecule has 7 nitrogen and oxygen atoms in total. The third-order valence-electron chi connectivity index (χ3n) is 6.25. The van der Waals surface area contributed by atoms with Crippen molar-refractivity contribution in [3.8, 4) is 10.4 Å². The lowest BCUT2D eigenvalue weighted by molar-refractivity contribution is -0.142. The number of aromatic nitrogens is 1. The molecule has 0 spiro atoms. The van der Waals surface area contributed by atoms with E-state index in [-0.39, 0.29) is 30.8 Å². The standard InChI is InChI=1S/C26H38N4O3S2/c1-15(17-8-10-18(11-9-17)21-16(2)27-14-35-21)28-23(32)20-12-19(31)13-30(20)24(33)22(25(3,4)5)29-26(6,7)34/h8-11,14-15,19-20,22,29,31,34H,12-13H2,1-7H3,(H,28,32)/t15-,19+,20-,22+/m0/s1. The number of amides is 2. The summed E-state index contributed by atoms with van der Waals surface area (Å²) in [4.78, 5) is 33.3. The van der Waals surface area contributed by atoms with Crippen molar-refractivity contribution in [2.24, 2.45) is 5.41 Å². The fourth-order valence-electron chi connectivity index (χ4n) is 4.37. The van der Waals surface area contributed by atoms with Crippen LogP contribution in [0.5, 0.6) is 0 Å². The predicted molar refractivity (Wildman–Crippen MR) is 144 cm³/mol. The molecular formula is C26H38N4O3S2. The number of nitrogens with zero attached hydrogens (tertiary/aromatic N) is 2. The van der Waals surface area contributed by atoms with Crippen molar-refractivity contribution in [3.05, 3.63) is 41.0 Å². The Balaban J connectivity index is 1.73. The summed E-state index contributed by atoms with van der Waals surface area (Å²) in [6.07, 6.45) is -0.522. The van der Waals surface area contributed by atoms with Gasteiger partial charge in [0, 0.05) is 13.0 Å². The van der Waals surface area contributed by atoms with Crippen molar-refractivity contribution < 1.29 is 14.7 Å². The summed E-state index contributed by atoms with van der Waals surface area (Å²) in [5.74, 6) is -0.462. The number of hydrogen-bond donors (Lipinski definition) is 4. The summed E-state index contributed by atoms with van der Waals surface area (Å²) in [6.45, 7) is 13.7. The number of rotatable bonds is 7. The van der Waals surface area contributed by atoms with Gasteiger partial charge >= 0.3 is 0 Å². The van der Waals surface area contributed by atoms with E-state index in [0.717, 1.165) is 21.7 Å². The van der Waals surface area contributed by atoms with E-state index in [1.54, 1.807) is 11.3 Å². The third kappa shape index (κ3) is 6.84. The number of aryl methyl sites for hydroxylation is 1. The van der Waals surface area contributed by atoms with Crippen LogP contribution in [-0.4, -0.2) is 56.4 Å². The van der Waals surface area contributed by atoms with Crippen LogP contribution in [-0.2, 0) is 9.59 Å². The van der Waals surface area contributed by atoms with Crippen LogP contribution in [0.1, 0.15) is 65.3 Å². The molecule has 9 heteroatoms. The van der Waals surface area contributed by atoms with Gasteiger partial charge in [0.1, 0.15) is 6.04 Å². The Kier molecular flexibility index (Phi) is 8.36. The van der Waals surface area contributed by atoms with Gasteiger partial charge in [-0.05, 0) is 44.2 Å². The first-order chi connectivity index (χ1) is 16.2. The molecule has 35 heavy (non-hydrogen) atoms. The first-order valence-electron chi connectivity index (χ1n) is 12.0. The molecule has 3 N–H and O–H groups in total. The highest BCUT2D eigenvalue weighted by Crippen LogP contribution is 2.30. The van der Waals surface area contributed by atoms with Crippen LogP contribution in [0.4, 0.5) is 0 Å². The predicted octanol–water partition coefficient (Wildman–Crippen LogP) is 3.93. The molecule has 2 aromatic rings. The van der Waals surface area contributed by atoms with Gasteiger partial charge in [-0.15, -0.1) is 11.3 Å². The molecule has 0 unspecified atom stereocenters. The Bertz CT molecular complexity index is 1040. The van der Waals surface area contributed by atoms with Gasteiger partial charge in [0.2, 0.25) is 11.8 Å². The Hall–Kier alpha value is -1.94.